The first-order chi connectivity index (χ1) is 29.0. The lowest BCUT2D eigenvalue weighted by Gasteiger charge is -2.62. The summed E-state index contributed by atoms with van der Waals surface area (Å²) in [6.45, 7) is 6.19. The molecule has 1 amide bonds. The van der Waals surface area contributed by atoms with Crippen molar-refractivity contribution in [1.29, 1.82) is 0 Å². The van der Waals surface area contributed by atoms with Crippen molar-refractivity contribution < 1.29 is 37.1 Å². The first-order valence-corrected chi connectivity index (χ1v) is 21.8. The van der Waals surface area contributed by atoms with Gasteiger partial charge in [-0.15, -0.1) is 0 Å². The zero-order valence-corrected chi connectivity index (χ0v) is 33.8. The Balaban J connectivity index is 0.875. The SMILES string of the molecule is Cc1ccccc1C1CCCN1C1CC2(C1)CN(c1ccc(C(=O)NS(=O)(=O)c3cc4c(c([N+](=O)[O-])c3)NC(C3COCCO3)CO4)c(Oc3cnc4[nH]ccc4c3)c1)C2. The molecule has 60 heavy (non-hydrogen) atoms. The fraction of sp³-hybridized carbons (Fsp3) is 0.395. The van der Waals surface area contributed by atoms with E-state index in [-0.39, 0.29) is 41.4 Å². The van der Waals surface area contributed by atoms with E-state index < -0.39 is 43.6 Å². The molecule has 1 saturated carbocycles. The van der Waals surface area contributed by atoms with E-state index in [9.17, 15) is 23.3 Å². The number of sulfonamides is 1. The summed E-state index contributed by atoms with van der Waals surface area (Å²) in [5, 5.41) is 16.1. The predicted molar refractivity (Wildman–Crippen MR) is 221 cm³/mol. The van der Waals surface area contributed by atoms with Gasteiger partial charge in [0.05, 0.1) is 47.4 Å². The quantitative estimate of drug-likeness (QED) is 0.108. The van der Waals surface area contributed by atoms with Gasteiger partial charge >= 0.3 is 0 Å². The zero-order chi connectivity index (χ0) is 41.2. The van der Waals surface area contributed by atoms with Gasteiger partial charge in [-0.3, -0.25) is 19.8 Å². The summed E-state index contributed by atoms with van der Waals surface area (Å²) in [5.41, 5.74) is 3.94. The molecule has 0 bridgehead atoms. The smallest absolute Gasteiger partial charge is 0.297 e. The second-order valence-electron chi connectivity index (χ2n) is 16.6. The molecular formula is C43H45N7O9S. The summed E-state index contributed by atoms with van der Waals surface area (Å²) in [5.74, 6) is -0.531. The van der Waals surface area contributed by atoms with Gasteiger partial charge in [-0.1, -0.05) is 24.3 Å². The van der Waals surface area contributed by atoms with Crippen molar-refractivity contribution in [2.75, 3.05) is 56.3 Å². The van der Waals surface area contributed by atoms with Crippen LogP contribution < -0.4 is 24.4 Å². The van der Waals surface area contributed by atoms with Crippen LogP contribution in [0.5, 0.6) is 17.2 Å². The highest BCUT2D eigenvalue weighted by molar-refractivity contribution is 7.90. The number of hydrogen-bond acceptors (Lipinski definition) is 13. The minimum absolute atomic E-state index is 0.0164. The number of rotatable bonds is 10. The number of hydrogen-bond donors (Lipinski definition) is 3. The van der Waals surface area contributed by atoms with E-state index in [4.69, 9.17) is 18.9 Å². The summed E-state index contributed by atoms with van der Waals surface area (Å²) < 4.78 is 53.1. The lowest BCUT2D eigenvalue weighted by molar-refractivity contribution is -0.384. The molecule has 2 aromatic heterocycles. The molecular weight excluding hydrogens is 791 g/mol. The number of pyridine rings is 1. The molecule has 5 aliphatic rings. The van der Waals surface area contributed by atoms with Crippen molar-refractivity contribution >= 4 is 44.0 Å². The molecule has 3 atom stereocenters. The fourth-order valence-corrected chi connectivity index (χ4v) is 10.7. The average Bonchev–Trinajstić information content (AvgIpc) is 3.90. The predicted octanol–water partition coefficient (Wildman–Crippen LogP) is 6.08. The van der Waals surface area contributed by atoms with Gasteiger partial charge in [0.15, 0.2) is 11.4 Å². The van der Waals surface area contributed by atoms with Crippen LogP contribution in [0.4, 0.5) is 17.1 Å². The van der Waals surface area contributed by atoms with Gasteiger partial charge in [0.1, 0.15) is 29.9 Å². The number of H-pyrrole nitrogens is 1. The molecule has 0 radical (unpaired) electrons. The number of likely N-dealkylation sites (tertiary alicyclic amines) is 1. The number of benzene rings is 3. The van der Waals surface area contributed by atoms with Gasteiger partial charge < -0.3 is 34.1 Å². The molecule has 312 valence electrons. The standard InChI is InChI=1S/C43H45N7O9S/c1-26-5-2-3-6-32(26)35-7-4-12-49(35)29-19-43(20-29)24-48(25-43)28-8-9-33(37(16-28)59-30-15-27-10-11-44-41(27)45-21-30)42(51)47-60(54,55)31-17-36(50(52)53)40-38(18-31)58-22-34(46-40)39-23-56-13-14-57-39/h2-3,5-6,8-11,15-18,21,29,34-35,39,46H,4,7,12-14,19-20,22-25H2,1H3,(H,44,45)(H,47,51). The minimum atomic E-state index is -4.65. The van der Waals surface area contributed by atoms with Crippen molar-refractivity contribution in [2.45, 2.75) is 61.7 Å². The van der Waals surface area contributed by atoms with Gasteiger partial charge in [0.2, 0.25) is 0 Å². The van der Waals surface area contributed by atoms with Crippen LogP contribution in [0, 0.1) is 22.5 Å². The van der Waals surface area contributed by atoms with E-state index >= 15 is 0 Å². The van der Waals surface area contributed by atoms with E-state index in [1.807, 2.05) is 6.07 Å². The minimum Gasteiger partial charge on any atom is -0.489 e. The molecule has 1 spiro atoms. The molecule has 4 fully saturated rings. The lowest BCUT2D eigenvalue weighted by Crippen LogP contribution is -2.66. The molecule has 16 nitrogen and oxygen atoms in total. The third-order valence-electron chi connectivity index (χ3n) is 12.7. The molecule has 3 unspecified atom stereocenters. The summed E-state index contributed by atoms with van der Waals surface area (Å²) in [7, 11) is -4.65. The Morgan fingerprint density at radius 2 is 1.92 bits per heavy atom. The Kier molecular flexibility index (Phi) is 9.65. The molecule has 1 aliphatic carbocycles. The Morgan fingerprint density at radius 1 is 1.07 bits per heavy atom. The normalized spacial score (nSPS) is 22.6. The molecule has 3 aromatic carbocycles. The van der Waals surface area contributed by atoms with E-state index in [1.165, 1.54) is 30.2 Å². The van der Waals surface area contributed by atoms with Crippen molar-refractivity contribution in [2.24, 2.45) is 5.41 Å². The first-order valence-electron chi connectivity index (χ1n) is 20.3. The van der Waals surface area contributed by atoms with Crippen LogP contribution in [0.1, 0.15) is 53.2 Å². The number of fused-ring (bicyclic) bond motifs is 2. The van der Waals surface area contributed by atoms with Crippen LogP contribution in [-0.2, 0) is 19.5 Å². The third-order valence-corrected chi connectivity index (χ3v) is 14.0. The molecule has 6 heterocycles. The third kappa shape index (κ3) is 7.08. The summed E-state index contributed by atoms with van der Waals surface area (Å²) >= 11 is 0. The van der Waals surface area contributed by atoms with E-state index in [1.54, 1.807) is 30.5 Å². The van der Waals surface area contributed by atoms with E-state index in [0.717, 1.165) is 55.7 Å². The molecule has 10 rings (SSSR count). The highest BCUT2D eigenvalue weighted by Crippen LogP contribution is 2.54. The number of anilines is 2. The second kappa shape index (κ2) is 15.1. The van der Waals surface area contributed by atoms with Gasteiger partial charge in [-0.05, 0) is 74.5 Å². The average molecular weight is 836 g/mol. The summed E-state index contributed by atoms with van der Waals surface area (Å²) in [6.07, 6.45) is 7.51. The van der Waals surface area contributed by atoms with Crippen molar-refractivity contribution in [3.63, 3.8) is 0 Å². The molecule has 3 saturated heterocycles. The van der Waals surface area contributed by atoms with Crippen LogP contribution in [0.15, 0.2) is 84.0 Å². The Bertz CT molecular complexity index is 2600. The highest BCUT2D eigenvalue weighted by Gasteiger charge is 2.55. The van der Waals surface area contributed by atoms with Crippen LogP contribution >= 0.6 is 0 Å². The van der Waals surface area contributed by atoms with E-state index in [2.05, 4.69) is 61.0 Å². The maximum Gasteiger partial charge on any atom is 0.297 e. The number of carbonyl (C=O) groups excluding carboxylic acids is 1. The summed E-state index contributed by atoms with van der Waals surface area (Å²) in [4.78, 5) is 37.4. The maximum absolute atomic E-state index is 14.0. The molecule has 4 aliphatic heterocycles. The Hall–Kier alpha value is -5.75. The van der Waals surface area contributed by atoms with Gasteiger partial charge in [-0.25, -0.2) is 18.1 Å². The fourth-order valence-electron chi connectivity index (χ4n) is 9.70. The molecule has 5 aromatic rings. The topological polar surface area (TPSA) is 190 Å². The number of aromatic nitrogens is 2. The van der Waals surface area contributed by atoms with Crippen molar-refractivity contribution in [3.8, 4) is 17.2 Å². The Labute approximate surface area is 346 Å². The number of aryl methyl sites for hydroxylation is 1. The van der Waals surface area contributed by atoms with Crippen molar-refractivity contribution in [1.82, 2.24) is 19.6 Å². The number of nitro benzene ring substituents is 1. The number of nitrogens with one attached hydrogen (secondary N) is 3. The monoisotopic (exact) mass is 835 g/mol. The van der Waals surface area contributed by atoms with Crippen LogP contribution in [-0.4, -0.2) is 98.4 Å². The van der Waals surface area contributed by atoms with Crippen LogP contribution in [0.3, 0.4) is 0 Å². The number of aromatic amines is 1. The van der Waals surface area contributed by atoms with Gasteiger partial charge in [0, 0.05) is 66.1 Å². The highest BCUT2D eigenvalue weighted by atomic mass is 32.2. The van der Waals surface area contributed by atoms with E-state index in [0.29, 0.717) is 36.7 Å². The van der Waals surface area contributed by atoms with Gasteiger partial charge in [-0.2, -0.15) is 0 Å². The molecule has 3 N–H and O–H groups in total. The number of carbonyl (C=O) groups is 1. The number of ether oxygens (including phenoxy) is 4. The van der Waals surface area contributed by atoms with Crippen molar-refractivity contribution in [3.05, 3.63) is 106 Å². The largest absolute Gasteiger partial charge is 0.489 e. The Morgan fingerprint density at radius 3 is 2.72 bits per heavy atom. The van der Waals surface area contributed by atoms with Crippen LogP contribution in [0.25, 0.3) is 11.0 Å². The number of nitro groups is 1. The lowest BCUT2D eigenvalue weighted by atomic mass is 9.60. The number of nitrogens with zero attached hydrogens (tertiary/aromatic N) is 4. The molecule has 17 heteroatoms. The maximum atomic E-state index is 14.0. The van der Waals surface area contributed by atoms with Crippen LogP contribution in [0.2, 0.25) is 0 Å². The number of amides is 1. The first kappa shape index (κ1) is 38.5. The van der Waals surface area contributed by atoms with Gasteiger partial charge in [0.25, 0.3) is 21.6 Å². The summed E-state index contributed by atoms with van der Waals surface area (Å²) in [6, 6.07) is 20.0. The zero-order valence-electron chi connectivity index (χ0n) is 33.0. The second-order valence-corrected chi connectivity index (χ2v) is 18.3.